The fourth-order valence-electron chi connectivity index (χ4n) is 4.31. The van der Waals surface area contributed by atoms with Crippen molar-refractivity contribution in [3.63, 3.8) is 0 Å². The van der Waals surface area contributed by atoms with E-state index < -0.39 is 5.60 Å². The van der Waals surface area contributed by atoms with Crippen molar-refractivity contribution in [3.8, 4) is 0 Å². The van der Waals surface area contributed by atoms with E-state index in [-0.39, 0.29) is 23.6 Å². The molecule has 0 radical (unpaired) electrons. The highest BCUT2D eigenvalue weighted by Gasteiger charge is 2.64. The third-order valence-corrected chi connectivity index (χ3v) is 5.07. The van der Waals surface area contributed by atoms with Crippen LogP contribution in [-0.2, 0) is 14.3 Å². The summed E-state index contributed by atoms with van der Waals surface area (Å²) in [5.74, 6) is 1.21. The first kappa shape index (κ1) is 12.9. The Morgan fingerprint density at radius 3 is 2.58 bits per heavy atom. The van der Waals surface area contributed by atoms with E-state index in [0.717, 1.165) is 19.3 Å². The Morgan fingerprint density at radius 1 is 1.32 bits per heavy atom. The first-order valence-electron chi connectivity index (χ1n) is 7.26. The first-order valence-corrected chi connectivity index (χ1v) is 7.26. The van der Waals surface area contributed by atoms with Crippen molar-refractivity contribution in [2.45, 2.75) is 52.1 Å². The van der Waals surface area contributed by atoms with Crippen molar-refractivity contribution in [1.82, 2.24) is 0 Å². The number of Topliss-reactive ketones (excluding diaryl/α,β-unsaturated/α-hetero) is 1. The van der Waals surface area contributed by atoms with Crippen molar-refractivity contribution in [3.05, 3.63) is 12.2 Å². The number of hydrogen-bond donors (Lipinski definition) is 0. The van der Waals surface area contributed by atoms with Gasteiger partial charge >= 0.3 is 5.97 Å². The molecular weight excluding hydrogens is 240 g/mol. The van der Waals surface area contributed by atoms with Crippen molar-refractivity contribution in [2.75, 3.05) is 0 Å². The highest BCUT2D eigenvalue weighted by molar-refractivity contribution is 6.00. The average Bonchev–Trinajstić information content (AvgIpc) is 2.68. The third kappa shape index (κ3) is 1.86. The van der Waals surface area contributed by atoms with Crippen molar-refractivity contribution in [2.24, 2.45) is 23.2 Å². The van der Waals surface area contributed by atoms with Crippen LogP contribution in [0.2, 0.25) is 0 Å². The molecule has 0 aliphatic heterocycles. The number of rotatable bonds is 3. The fraction of sp³-hybridized carbons (Fsp3) is 0.750. The normalized spacial score (nSPS) is 38.8. The number of esters is 1. The Labute approximate surface area is 114 Å². The van der Waals surface area contributed by atoms with Crippen LogP contribution < -0.4 is 0 Å². The maximum absolute atomic E-state index is 12.6. The van der Waals surface area contributed by atoms with Crippen LogP contribution in [0, 0.1) is 23.2 Å². The summed E-state index contributed by atoms with van der Waals surface area (Å²) in [5.41, 5.74) is -0.723. The topological polar surface area (TPSA) is 43.4 Å². The number of carbonyl (C=O) groups is 2. The first-order chi connectivity index (χ1) is 8.83. The Kier molecular flexibility index (Phi) is 2.67. The smallest absolute Gasteiger partial charge is 0.313 e. The lowest BCUT2D eigenvalue weighted by Crippen LogP contribution is -2.50. The van der Waals surface area contributed by atoms with E-state index in [0.29, 0.717) is 17.8 Å². The third-order valence-electron chi connectivity index (χ3n) is 5.07. The van der Waals surface area contributed by atoms with Crippen LogP contribution in [-0.4, -0.2) is 17.4 Å². The maximum atomic E-state index is 12.6. The zero-order chi connectivity index (χ0) is 13.8. The molecule has 4 atom stereocenters. The minimum Gasteiger partial charge on any atom is -0.460 e. The zero-order valence-electron chi connectivity index (χ0n) is 11.9. The highest BCUT2D eigenvalue weighted by atomic mass is 16.6. The van der Waals surface area contributed by atoms with Gasteiger partial charge in [0.05, 0.1) is 0 Å². The van der Waals surface area contributed by atoms with Crippen LogP contribution in [0.5, 0.6) is 0 Å². The van der Waals surface area contributed by atoms with E-state index in [1.807, 2.05) is 20.8 Å². The van der Waals surface area contributed by atoms with Gasteiger partial charge in [-0.15, -0.1) is 0 Å². The van der Waals surface area contributed by atoms with E-state index in [9.17, 15) is 9.59 Å². The molecule has 0 aromatic carbocycles. The average molecular weight is 262 g/mol. The summed E-state index contributed by atoms with van der Waals surface area (Å²) < 4.78 is 5.27. The van der Waals surface area contributed by atoms with Gasteiger partial charge in [0.1, 0.15) is 12.0 Å². The summed E-state index contributed by atoms with van der Waals surface area (Å²) in [4.78, 5) is 24.4. The summed E-state index contributed by atoms with van der Waals surface area (Å²) in [7, 11) is 0. The number of hydrogen-bond acceptors (Lipinski definition) is 3. The second kappa shape index (κ2) is 3.94. The van der Waals surface area contributed by atoms with Crippen molar-refractivity contribution in [1.29, 1.82) is 0 Å². The van der Waals surface area contributed by atoms with Crippen LogP contribution >= 0.6 is 0 Å². The lowest BCUT2D eigenvalue weighted by molar-refractivity contribution is -0.160. The van der Waals surface area contributed by atoms with Crippen molar-refractivity contribution < 1.29 is 14.3 Å². The number of fused-ring (bicyclic) bond motifs is 5. The molecule has 2 bridgehead atoms. The molecule has 2 saturated carbocycles. The molecule has 3 heteroatoms. The van der Waals surface area contributed by atoms with Gasteiger partial charge in [-0.3, -0.25) is 9.59 Å². The molecule has 0 heterocycles. The quantitative estimate of drug-likeness (QED) is 0.446. The van der Waals surface area contributed by atoms with Gasteiger partial charge in [-0.1, -0.05) is 12.2 Å². The minimum absolute atomic E-state index is 0.0508. The molecule has 0 spiro atoms. The van der Waals surface area contributed by atoms with Crippen LogP contribution in [0.3, 0.4) is 0 Å². The molecule has 3 nitrogen and oxygen atoms in total. The van der Waals surface area contributed by atoms with Crippen LogP contribution in [0.1, 0.15) is 46.5 Å². The molecule has 3 aliphatic rings. The Balaban J connectivity index is 1.69. The van der Waals surface area contributed by atoms with E-state index >= 15 is 0 Å². The monoisotopic (exact) mass is 262 g/mol. The second-order valence-electron chi connectivity index (χ2n) is 7.26. The van der Waals surface area contributed by atoms with Crippen LogP contribution in [0.25, 0.3) is 0 Å². The van der Waals surface area contributed by atoms with Gasteiger partial charge in [-0.25, -0.2) is 0 Å². The minimum atomic E-state index is -0.511. The summed E-state index contributed by atoms with van der Waals surface area (Å²) in [6.45, 7) is 5.50. The standard InChI is InChI=1S/C16H22O3/c1-15(2,3)19-14(18)9-13(17)16-7-6-12(16)10-4-5-11(16)8-10/h4-5,10-12H,6-9H2,1-3H3/t10-,11+,12+,16+/m1/s1. The van der Waals surface area contributed by atoms with E-state index in [1.165, 1.54) is 0 Å². The molecule has 0 saturated heterocycles. The van der Waals surface area contributed by atoms with Crippen molar-refractivity contribution >= 4 is 11.8 Å². The predicted molar refractivity (Wildman–Crippen MR) is 71.4 cm³/mol. The fourth-order valence-corrected chi connectivity index (χ4v) is 4.31. The molecule has 19 heavy (non-hydrogen) atoms. The van der Waals surface area contributed by atoms with Gasteiger partial charge in [-0.2, -0.15) is 0 Å². The van der Waals surface area contributed by atoms with E-state index in [4.69, 9.17) is 4.74 Å². The summed E-state index contributed by atoms with van der Waals surface area (Å²) in [5, 5.41) is 0. The molecule has 0 N–H and O–H groups in total. The van der Waals surface area contributed by atoms with E-state index in [1.54, 1.807) is 0 Å². The van der Waals surface area contributed by atoms with Gasteiger partial charge in [0, 0.05) is 5.41 Å². The van der Waals surface area contributed by atoms with Gasteiger partial charge in [0.25, 0.3) is 0 Å². The molecule has 2 fully saturated rings. The molecular formula is C16H22O3. The highest BCUT2D eigenvalue weighted by Crippen LogP contribution is 2.67. The summed E-state index contributed by atoms with van der Waals surface area (Å²) in [6, 6.07) is 0. The Bertz CT molecular complexity index is 457. The molecule has 0 amide bonds. The molecule has 3 rings (SSSR count). The number of ether oxygens (including phenoxy) is 1. The zero-order valence-corrected chi connectivity index (χ0v) is 11.9. The molecule has 0 aromatic rings. The van der Waals surface area contributed by atoms with Crippen LogP contribution in [0.15, 0.2) is 12.2 Å². The largest absolute Gasteiger partial charge is 0.460 e. The molecule has 104 valence electrons. The molecule has 3 aliphatic carbocycles. The summed E-state index contributed by atoms with van der Waals surface area (Å²) >= 11 is 0. The Morgan fingerprint density at radius 2 is 2.05 bits per heavy atom. The van der Waals surface area contributed by atoms with Gasteiger partial charge in [0.15, 0.2) is 5.78 Å². The van der Waals surface area contributed by atoms with E-state index in [2.05, 4.69) is 12.2 Å². The number of allylic oxidation sites excluding steroid dienone is 2. The lowest BCUT2D eigenvalue weighted by Gasteiger charge is -2.49. The van der Waals surface area contributed by atoms with Gasteiger partial charge in [0.2, 0.25) is 0 Å². The van der Waals surface area contributed by atoms with Gasteiger partial charge < -0.3 is 4.74 Å². The second-order valence-corrected chi connectivity index (χ2v) is 7.26. The van der Waals surface area contributed by atoms with Crippen LogP contribution in [0.4, 0.5) is 0 Å². The summed E-state index contributed by atoms with van der Waals surface area (Å²) in [6.07, 6.45) is 7.65. The molecule has 0 aromatic heterocycles. The SMILES string of the molecule is CC(C)(C)OC(=O)CC(=O)[C@]12CC[C@H]1[C@@H]1C=C[C@H]2C1. The predicted octanol–water partition coefficient (Wildman–Crippen LogP) is 2.89. The maximum Gasteiger partial charge on any atom is 0.313 e. The van der Waals surface area contributed by atoms with Gasteiger partial charge in [-0.05, 0) is 57.8 Å². The number of carbonyl (C=O) groups excluding carboxylic acids is 2. The number of ketones is 1. The lowest BCUT2D eigenvalue weighted by atomic mass is 9.53. The molecule has 0 unspecified atom stereocenters. The Hall–Kier alpha value is -1.12.